The lowest BCUT2D eigenvalue weighted by Gasteiger charge is -2.27. The molecule has 0 aliphatic rings. The highest BCUT2D eigenvalue weighted by Crippen LogP contribution is 2.31. The van der Waals surface area contributed by atoms with Crippen molar-refractivity contribution in [3.63, 3.8) is 0 Å². The fourth-order valence-corrected chi connectivity index (χ4v) is 3.94. The molecular weight excluding hydrogens is 478 g/mol. The summed E-state index contributed by atoms with van der Waals surface area (Å²) in [5.41, 5.74) is 3.38. The monoisotopic (exact) mass is 505 g/mol. The summed E-state index contributed by atoms with van der Waals surface area (Å²) >= 11 is 0. The Morgan fingerprint density at radius 3 is 2.18 bits per heavy atom. The first kappa shape index (κ1) is 26.1. The van der Waals surface area contributed by atoms with Gasteiger partial charge >= 0.3 is 0 Å². The quantitative estimate of drug-likeness (QED) is 0.235. The molecule has 2 N–H and O–H groups in total. The van der Waals surface area contributed by atoms with E-state index in [1.165, 1.54) is 6.21 Å². The van der Waals surface area contributed by atoms with E-state index in [9.17, 15) is 15.2 Å². The van der Waals surface area contributed by atoms with Crippen LogP contribution in [0.15, 0.2) is 108 Å². The molecule has 0 radical (unpaired) electrons. The first-order chi connectivity index (χ1) is 18.6. The van der Waals surface area contributed by atoms with Crippen LogP contribution in [0.2, 0.25) is 0 Å². The average Bonchev–Trinajstić information content (AvgIpc) is 2.97. The van der Waals surface area contributed by atoms with E-state index in [0.717, 1.165) is 5.56 Å². The van der Waals surface area contributed by atoms with Crippen LogP contribution in [0.25, 0.3) is 0 Å². The first-order valence-electron chi connectivity index (χ1n) is 12.1. The van der Waals surface area contributed by atoms with Gasteiger partial charge in [-0.1, -0.05) is 78.9 Å². The first-order valence-corrected chi connectivity index (χ1v) is 12.1. The highest BCUT2D eigenvalue weighted by atomic mass is 16.5. The zero-order valence-electron chi connectivity index (χ0n) is 20.9. The number of carbonyl (C=O) groups is 1. The Morgan fingerprint density at radius 1 is 0.921 bits per heavy atom. The maximum atomic E-state index is 13.2. The highest BCUT2D eigenvalue weighted by molar-refractivity contribution is 5.91. The van der Waals surface area contributed by atoms with Crippen molar-refractivity contribution in [2.75, 3.05) is 6.61 Å². The van der Waals surface area contributed by atoms with Crippen LogP contribution in [0.1, 0.15) is 34.7 Å². The smallest absolute Gasteiger partial charge is 0.281 e. The van der Waals surface area contributed by atoms with Crippen molar-refractivity contribution >= 4 is 12.1 Å². The predicted molar refractivity (Wildman–Crippen MR) is 145 cm³/mol. The lowest BCUT2D eigenvalue weighted by molar-refractivity contribution is -0.136. The maximum Gasteiger partial charge on any atom is 0.281 e. The Bertz CT molecular complexity index is 1410. The molecule has 0 aliphatic heterocycles. The fraction of sp³-hybridized carbons (Fsp3) is 0.129. The van der Waals surface area contributed by atoms with Gasteiger partial charge in [-0.3, -0.25) is 4.79 Å². The summed E-state index contributed by atoms with van der Waals surface area (Å²) < 4.78 is 11.7. The number of hydrogen-bond donors (Lipinski definition) is 2. The van der Waals surface area contributed by atoms with E-state index in [1.54, 1.807) is 78.9 Å². The predicted octanol–water partition coefficient (Wildman–Crippen LogP) is 4.92. The molecule has 4 aromatic rings. The van der Waals surface area contributed by atoms with Gasteiger partial charge in [0.2, 0.25) is 0 Å². The van der Waals surface area contributed by atoms with E-state index >= 15 is 0 Å². The summed E-state index contributed by atoms with van der Waals surface area (Å²) in [5, 5.41) is 24.9. The number of carbonyl (C=O) groups excluding carboxylic acids is 1. The number of rotatable bonds is 10. The second-order valence-corrected chi connectivity index (χ2v) is 8.34. The zero-order valence-corrected chi connectivity index (χ0v) is 20.9. The van der Waals surface area contributed by atoms with Gasteiger partial charge < -0.3 is 14.6 Å². The van der Waals surface area contributed by atoms with E-state index in [4.69, 9.17) is 9.47 Å². The van der Waals surface area contributed by atoms with Gasteiger partial charge in [0.15, 0.2) is 17.1 Å². The molecule has 38 heavy (non-hydrogen) atoms. The van der Waals surface area contributed by atoms with E-state index in [2.05, 4.69) is 16.6 Å². The summed E-state index contributed by atoms with van der Waals surface area (Å²) in [7, 11) is 0. The molecule has 4 rings (SSSR count). The standard InChI is InChI=1S/C31H27N3O4/c1-2-37-29-19-23(17-18-28(29)38-22-25-12-10-9-11-24(25)20-32)21-33-34-30(35)31(36,26-13-5-3-6-14-26)27-15-7-4-8-16-27/h3-19,21,36H,2,22H2,1H3,(H,34,35)/b33-21-. The molecule has 7 heteroatoms. The number of hydrazone groups is 1. The van der Waals surface area contributed by atoms with Crippen molar-refractivity contribution in [2.45, 2.75) is 19.1 Å². The number of benzene rings is 4. The number of nitriles is 1. The van der Waals surface area contributed by atoms with Crippen molar-refractivity contribution in [3.8, 4) is 17.6 Å². The third kappa shape index (κ3) is 5.89. The molecule has 0 aromatic heterocycles. The zero-order chi connectivity index (χ0) is 26.8. The van der Waals surface area contributed by atoms with Gasteiger partial charge in [-0.15, -0.1) is 0 Å². The second-order valence-electron chi connectivity index (χ2n) is 8.34. The van der Waals surface area contributed by atoms with Gasteiger partial charge in [-0.2, -0.15) is 10.4 Å². The van der Waals surface area contributed by atoms with Crippen LogP contribution >= 0.6 is 0 Å². The Labute approximate surface area is 221 Å². The van der Waals surface area contributed by atoms with E-state index in [0.29, 0.717) is 40.4 Å². The number of nitrogens with zero attached hydrogens (tertiary/aromatic N) is 2. The van der Waals surface area contributed by atoms with E-state index in [-0.39, 0.29) is 6.61 Å². The second kappa shape index (κ2) is 12.3. The minimum Gasteiger partial charge on any atom is -0.490 e. The van der Waals surface area contributed by atoms with Gasteiger partial charge in [-0.25, -0.2) is 5.43 Å². The minimum atomic E-state index is -1.92. The number of aliphatic hydroxyl groups is 1. The Balaban J connectivity index is 1.51. The van der Waals surface area contributed by atoms with Crippen LogP contribution < -0.4 is 14.9 Å². The normalized spacial score (nSPS) is 11.1. The summed E-state index contributed by atoms with van der Waals surface area (Å²) in [4.78, 5) is 13.2. The number of ether oxygens (including phenoxy) is 2. The van der Waals surface area contributed by atoms with Crippen molar-refractivity contribution in [1.82, 2.24) is 5.43 Å². The van der Waals surface area contributed by atoms with Gasteiger partial charge in [0.05, 0.1) is 24.5 Å². The van der Waals surface area contributed by atoms with Gasteiger partial charge in [0.25, 0.3) is 5.91 Å². The molecule has 190 valence electrons. The molecule has 0 spiro atoms. The molecule has 0 fully saturated rings. The molecule has 0 unspecified atom stereocenters. The largest absolute Gasteiger partial charge is 0.490 e. The van der Waals surface area contributed by atoms with E-state index < -0.39 is 11.5 Å². The van der Waals surface area contributed by atoms with Crippen molar-refractivity contribution in [1.29, 1.82) is 5.26 Å². The molecule has 0 saturated carbocycles. The molecule has 0 bridgehead atoms. The molecule has 0 heterocycles. The van der Waals surface area contributed by atoms with Crippen LogP contribution in [0.4, 0.5) is 0 Å². The Morgan fingerprint density at radius 2 is 1.55 bits per heavy atom. The van der Waals surface area contributed by atoms with Crippen LogP contribution in [0, 0.1) is 11.3 Å². The molecule has 0 saturated heterocycles. The van der Waals surface area contributed by atoms with Crippen molar-refractivity contribution < 1.29 is 19.4 Å². The molecule has 4 aromatic carbocycles. The Kier molecular flexibility index (Phi) is 8.50. The Hall–Kier alpha value is -4.93. The van der Waals surface area contributed by atoms with Gasteiger partial charge in [-0.05, 0) is 47.9 Å². The lowest BCUT2D eigenvalue weighted by atomic mass is 9.85. The molecule has 1 amide bonds. The molecular formula is C31H27N3O4. The number of hydrogen-bond acceptors (Lipinski definition) is 6. The van der Waals surface area contributed by atoms with Crippen LogP contribution in [0.5, 0.6) is 11.5 Å². The average molecular weight is 506 g/mol. The highest BCUT2D eigenvalue weighted by Gasteiger charge is 2.39. The third-order valence-corrected chi connectivity index (χ3v) is 5.88. The molecule has 7 nitrogen and oxygen atoms in total. The third-order valence-electron chi connectivity index (χ3n) is 5.88. The SMILES string of the molecule is CCOc1cc(/C=N\NC(=O)C(O)(c2ccccc2)c2ccccc2)ccc1OCc1ccccc1C#N. The molecule has 0 atom stereocenters. The summed E-state index contributed by atoms with van der Waals surface area (Å²) in [5.74, 6) is 0.331. The van der Waals surface area contributed by atoms with Crippen LogP contribution in [-0.2, 0) is 17.0 Å². The van der Waals surface area contributed by atoms with Crippen molar-refractivity contribution in [2.24, 2.45) is 5.10 Å². The topological polar surface area (TPSA) is 104 Å². The lowest BCUT2D eigenvalue weighted by Crippen LogP contribution is -2.43. The number of nitrogens with one attached hydrogen (secondary N) is 1. The maximum absolute atomic E-state index is 13.2. The minimum absolute atomic E-state index is 0.213. The summed E-state index contributed by atoms with van der Waals surface area (Å²) in [6.07, 6.45) is 1.46. The van der Waals surface area contributed by atoms with Crippen LogP contribution in [-0.4, -0.2) is 23.8 Å². The molecule has 0 aliphatic carbocycles. The summed E-state index contributed by atoms with van der Waals surface area (Å²) in [6, 6.07) is 32.1. The van der Waals surface area contributed by atoms with Gasteiger partial charge in [0.1, 0.15) is 6.61 Å². The van der Waals surface area contributed by atoms with Crippen molar-refractivity contribution in [3.05, 3.63) is 131 Å². The van der Waals surface area contributed by atoms with Gasteiger partial charge in [0, 0.05) is 5.56 Å². The van der Waals surface area contributed by atoms with Crippen LogP contribution in [0.3, 0.4) is 0 Å². The fourth-order valence-electron chi connectivity index (χ4n) is 3.94. The number of amides is 1. The summed E-state index contributed by atoms with van der Waals surface area (Å²) in [6.45, 7) is 2.50. The van der Waals surface area contributed by atoms with E-state index in [1.807, 2.05) is 31.2 Å².